The van der Waals surface area contributed by atoms with E-state index in [4.69, 9.17) is 5.73 Å². The Morgan fingerprint density at radius 2 is 2.05 bits per heavy atom. The summed E-state index contributed by atoms with van der Waals surface area (Å²) in [6.45, 7) is 2.16. The van der Waals surface area contributed by atoms with Crippen LogP contribution in [-0.2, 0) is 6.42 Å². The SMILES string of the molecule is CCCCc1ccc(NC(=O)c2n[nH]nc2N)cc1. The lowest BCUT2D eigenvalue weighted by Crippen LogP contribution is -2.14. The smallest absolute Gasteiger partial charge is 0.280 e. The maximum atomic E-state index is 11.8. The highest BCUT2D eigenvalue weighted by Gasteiger charge is 2.13. The van der Waals surface area contributed by atoms with Crippen LogP contribution in [-0.4, -0.2) is 21.3 Å². The second kappa shape index (κ2) is 5.99. The van der Waals surface area contributed by atoms with Crippen LogP contribution in [0.3, 0.4) is 0 Å². The molecule has 4 N–H and O–H groups in total. The summed E-state index contributed by atoms with van der Waals surface area (Å²) in [4.78, 5) is 11.8. The van der Waals surface area contributed by atoms with Crippen LogP contribution >= 0.6 is 0 Å². The van der Waals surface area contributed by atoms with E-state index in [-0.39, 0.29) is 17.4 Å². The fourth-order valence-electron chi connectivity index (χ4n) is 1.73. The van der Waals surface area contributed by atoms with Gasteiger partial charge in [-0.3, -0.25) is 4.79 Å². The molecule has 0 radical (unpaired) electrons. The molecule has 0 aliphatic carbocycles. The molecule has 1 aromatic heterocycles. The van der Waals surface area contributed by atoms with Crippen LogP contribution in [0.25, 0.3) is 0 Å². The molecule has 6 heteroatoms. The van der Waals surface area contributed by atoms with Crippen molar-refractivity contribution in [2.75, 3.05) is 11.1 Å². The number of nitrogens with two attached hydrogens (primary N) is 1. The molecule has 19 heavy (non-hydrogen) atoms. The molecule has 0 spiro atoms. The number of aryl methyl sites for hydroxylation is 1. The molecule has 6 nitrogen and oxygen atoms in total. The molecule has 100 valence electrons. The van der Waals surface area contributed by atoms with Crippen molar-refractivity contribution >= 4 is 17.4 Å². The highest BCUT2D eigenvalue weighted by Crippen LogP contribution is 2.13. The number of carbonyl (C=O) groups is 1. The number of aromatic amines is 1. The largest absolute Gasteiger partial charge is 0.380 e. The number of H-pyrrole nitrogens is 1. The summed E-state index contributed by atoms with van der Waals surface area (Å²) < 4.78 is 0. The van der Waals surface area contributed by atoms with Crippen LogP contribution in [0, 0.1) is 0 Å². The van der Waals surface area contributed by atoms with Crippen molar-refractivity contribution in [3.63, 3.8) is 0 Å². The zero-order chi connectivity index (χ0) is 13.7. The van der Waals surface area contributed by atoms with E-state index in [1.54, 1.807) is 0 Å². The minimum atomic E-state index is -0.368. The molecular weight excluding hydrogens is 242 g/mol. The molecule has 0 aliphatic rings. The zero-order valence-electron chi connectivity index (χ0n) is 10.8. The number of rotatable bonds is 5. The number of carbonyl (C=O) groups excluding carboxylic acids is 1. The average Bonchev–Trinajstić information content (AvgIpc) is 2.84. The normalized spacial score (nSPS) is 10.4. The Kier molecular flexibility index (Phi) is 4.12. The number of nitrogens with one attached hydrogen (secondary N) is 2. The van der Waals surface area contributed by atoms with Crippen LogP contribution in [0.1, 0.15) is 35.8 Å². The predicted octanol–water partition coefficient (Wildman–Crippen LogP) is 1.98. The van der Waals surface area contributed by atoms with Gasteiger partial charge in [-0.1, -0.05) is 25.5 Å². The number of hydrogen-bond acceptors (Lipinski definition) is 4. The first-order valence-corrected chi connectivity index (χ1v) is 6.27. The molecular formula is C13H17N5O. The standard InChI is InChI=1S/C13H17N5O/c1-2-3-4-9-5-7-10(8-6-9)15-13(19)11-12(14)17-18-16-11/h5-8H,2-4H2,1H3,(H,15,19)(H3,14,16,17,18). The maximum absolute atomic E-state index is 11.8. The van der Waals surface area contributed by atoms with E-state index in [1.165, 1.54) is 18.4 Å². The van der Waals surface area contributed by atoms with E-state index in [0.717, 1.165) is 6.42 Å². The van der Waals surface area contributed by atoms with E-state index >= 15 is 0 Å². The second-order valence-electron chi connectivity index (χ2n) is 4.31. The third kappa shape index (κ3) is 3.31. The number of nitrogen functional groups attached to an aromatic ring is 1. The topological polar surface area (TPSA) is 96.7 Å². The second-order valence-corrected chi connectivity index (χ2v) is 4.31. The van der Waals surface area contributed by atoms with Gasteiger partial charge >= 0.3 is 0 Å². The molecule has 1 aromatic carbocycles. The molecule has 0 saturated carbocycles. The van der Waals surface area contributed by atoms with Crippen molar-refractivity contribution in [3.05, 3.63) is 35.5 Å². The fraction of sp³-hybridized carbons (Fsp3) is 0.308. The van der Waals surface area contributed by atoms with Crippen molar-refractivity contribution in [1.82, 2.24) is 15.4 Å². The van der Waals surface area contributed by atoms with E-state index in [0.29, 0.717) is 5.69 Å². The van der Waals surface area contributed by atoms with E-state index in [2.05, 4.69) is 27.7 Å². The lowest BCUT2D eigenvalue weighted by molar-refractivity contribution is 0.102. The third-order valence-electron chi connectivity index (χ3n) is 2.82. The Hall–Kier alpha value is -2.37. The van der Waals surface area contributed by atoms with Crippen molar-refractivity contribution in [2.45, 2.75) is 26.2 Å². The van der Waals surface area contributed by atoms with Gasteiger partial charge in [-0.2, -0.15) is 5.21 Å². The Labute approximate surface area is 111 Å². The lowest BCUT2D eigenvalue weighted by atomic mass is 10.1. The van der Waals surface area contributed by atoms with Gasteiger partial charge in [-0.15, -0.1) is 10.2 Å². The van der Waals surface area contributed by atoms with Crippen molar-refractivity contribution in [3.8, 4) is 0 Å². The molecule has 0 unspecified atom stereocenters. The Morgan fingerprint density at radius 1 is 1.32 bits per heavy atom. The first kappa shape index (κ1) is 13.1. The van der Waals surface area contributed by atoms with Gasteiger partial charge in [-0.25, -0.2) is 0 Å². The van der Waals surface area contributed by atoms with Crippen molar-refractivity contribution < 1.29 is 4.79 Å². The van der Waals surface area contributed by atoms with Gasteiger partial charge in [0, 0.05) is 5.69 Å². The molecule has 0 fully saturated rings. The van der Waals surface area contributed by atoms with E-state index in [9.17, 15) is 4.79 Å². The summed E-state index contributed by atoms with van der Waals surface area (Å²) >= 11 is 0. The molecule has 1 heterocycles. The monoisotopic (exact) mass is 259 g/mol. The average molecular weight is 259 g/mol. The Morgan fingerprint density at radius 3 is 2.63 bits per heavy atom. The fourth-order valence-corrected chi connectivity index (χ4v) is 1.73. The summed E-state index contributed by atoms with van der Waals surface area (Å²) in [7, 11) is 0. The summed E-state index contributed by atoms with van der Waals surface area (Å²) in [6, 6.07) is 7.77. The molecule has 0 bridgehead atoms. The first-order valence-electron chi connectivity index (χ1n) is 6.27. The number of nitrogens with zero attached hydrogens (tertiary/aromatic N) is 2. The quantitative estimate of drug-likeness (QED) is 0.764. The van der Waals surface area contributed by atoms with Crippen molar-refractivity contribution in [1.29, 1.82) is 0 Å². The number of hydrogen-bond donors (Lipinski definition) is 3. The predicted molar refractivity (Wildman–Crippen MR) is 73.8 cm³/mol. The maximum Gasteiger partial charge on any atom is 0.280 e. The summed E-state index contributed by atoms with van der Waals surface area (Å²) in [6.07, 6.45) is 3.39. The van der Waals surface area contributed by atoms with Gasteiger partial charge in [0.05, 0.1) is 0 Å². The van der Waals surface area contributed by atoms with Gasteiger partial charge in [0.2, 0.25) is 0 Å². The molecule has 2 rings (SSSR count). The van der Waals surface area contributed by atoms with Gasteiger partial charge < -0.3 is 11.1 Å². The van der Waals surface area contributed by atoms with Crippen LogP contribution in [0.4, 0.5) is 11.5 Å². The molecule has 0 saturated heterocycles. The lowest BCUT2D eigenvalue weighted by Gasteiger charge is -2.05. The van der Waals surface area contributed by atoms with Crippen LogP contribution in [0.15, 0.2) is 24.3 Å². The van der Waals surface area contributed by atoms with Gasteiger partial charge in [-0.05, 0) is 30.5 Å². The van der Waals surface area contributed by atoms with E-state index < -0.39 is 0 Å². The van der Waals surface area contributed by atoms with Gasteiger partial charge in [0.1, 0.15) is 0 Å². The summed E-state index contributed by atoms with van der Waals surface area (Å²) in [5, 5.41) is 12.3. The van der Waals surface area contributed by atoms with Crippen LogP contribution in [0.2, 0.25) is 0 Å². The summed E-state index contributed by atoms with van der Waals surface area (Å²) in [5.41, 5.74) is 7.59. The van der Waals surface area contributed by atoms with Gasteiger partial charge in [0.25, 0.3) is 5.91 Å². The minimum absolute atomic E-state index is 0.0945. The molecule has 1 amide bonds. The molecule has 0 atom stereocenters. The number of amides is 1. The Bertz CT molecular complexity index is 546. The minimum Gasteiger partial charge on any atom is -0.380 e. The molecule has 2 aromatic rings. The Balaban J connectivity index is 2.00. The van der Waals surface area contributed by atoms with Crippen LogP contribution < -0.4 is 11.1 Å². The number of unbranched alkanes of at least 4 members (excludes halogenated alkanes) is 1. The first-order chi connectivity index (χ1) is 9.20. The van der Waals surface area contributed by atoms with Gasteiger partial charge in [0.15, 0.2) is 11.5 Å². The number of benzene rings is 1. The summed E-state index contributed by atoms with van der Waals surface area (Å²) in [5.74, 6) is -0.273. The number of aromatic nitrogens is 3. The third-order valence-corrected chi connectivity index (χ3v) is 2.82. The van der Waals surface area contributed by atoms with Crippen molar-refractivity contribution in [2.24, 2.45) is 0 Å². The van der Waals surface area contributed by atoms with Crippen LogP contribution in [0.5, 0.6) is 0 Å². The zero-order valence-corrected chi connectivity index (χ0v) is 10.8. The number of anilines is 2. The van der Waals surface area contributed by atoms with E-state index in [1.807, 2.05) is 24.3 Å². The highest BCUT2D eigenvalue weighted by molar-refractivity contribution is 6.05. The highest BCUT2D eigenvalue weighted by atomic mass is 16.2. The molecule has 0 aliphatic heterocycles.